The zero-order chi connectivity index (χ0) is 13.3. The van der Waals surface area contributed by atoms with Crippen molar-refractivity contribution in [1.82, 2.24) is 0 Å². The lowest BCUT2D eigenvalue weighted by molar-refractivity contribution is -0.201. The van der Waals surface area contributed by atoms with E-state index in [1.807, 2.05) is 0 Å². The summed E-state index contributed by atoms with van der Waals surface area (Å²) in [6.07, 6.45) is 0.161. The van der Waals surface area contributed by atoms with Gasteiger partial charge in [0.1, 0.15) is 0 Å². The maximum atomic E-state index is 11.7. The molecule has 0 unspecified atom stereocenters. The van der Waals surface area contributed by atoms with Gasteiger partial charge >= 0.3 is 18.1 Å². The van der Waals surface area contributed by atoms with E-state index < -0.39 is 18.1 Å². The van der Waals surface area contributed by atoms with E-state index in [9.17, 15) is 22.8 Å². The number of halogens is 3. The van der Waals surface area contributed by atoms with Crippen LogP contribution in [-0.2, 0) is 14.3 Å². The first kappa shape index (κ1) is 15.9. The van der Waals surface area contributed by atoms with Gasteiger partial charge in [-0.25, -0.2) is 4.79 Å². The largest absolute Gasteiger partial charge is 0.491 e. The van der Waals surface area contributed by atoms with Gasteiger partial charge in [-0.1, -0.05) is 39.0 Å². The van der Waals surface area contributed by atoms with Gasteiger partial charge in [0.05, 0.1) is 0 Å². The van der Waals surface area contributed by atoms with Crippen LogP contribution in [0.1, 0.15) is 51.9 Å². The third kappa shape index (κ3) is 8.71. The molecular weight excluding hydrogens is 237 g/mol. The first-order valence-corrected chi connectivity index (χ1v) is 5.69. The number of carbonyl (C=O) groups excluding carboxylic acids is 2. The van der Waals surface area contributed by atoms with E-state index in [4.69, 9.17) is 0 Å². The zero-order valence-electron chi connectivity index (χ0n) is 9.81. The molecule has 0 aliphatic heterocycles. The maximum Gasteiger partial charge on any atom is 0.491 e. The minimum absolute atomic E-state index is 0.145. The van der Waals surface area contributed by atoms with Gasteiger partial charge in [0.25, 0.3) is 0 Å². The normalized spacial score (nSPS) is 11.3. The second-order valence-corrected chi connectivity index (χ2v) is 3.78. The van der Waals surface area contributed by atoms with Crippen molar-refractivity contribution in [1.29, 1.82) is 0 Å². The summed E-state index contributed by atoms with van der Waals surface area (Å²) in [6, 6.07) is 0. The first-order chi connectivity index (χ1) is 7.88. The molecular formula is C11H17F3O3. The van der Waals surface area contributed by atoms with Crippen LogP contribution in [0, 0.1) is 0 Å². The lowest BCUT2D eigenvalue weighted by Gasteiger charge is -2.05. The molecule has 100 valence electrons. The van der Waals surface area contributed by atoms with Gasteiger partial charge in [0.2, 0.25) is 0 Å². The monoisotopic (exact) mass is 254 g/mol. The van der Waals surface area contributed by atoms with Crippen LogP contribution in [0.25, 0.3) is 0 Å². The van der Waals surface area contributed by atoms with Crippen LogP contribution >= 0.6 is 0 Å². The fourth-order valence-corrected chi connectivity index (χ4v) is 1.26. The molecule has 0 saturated heterocycles. The average molecular weight is 254 g/mol. The lowest BCUT2D eigenvalue weighted by Crippen LogP contribution is -2.27. The molecule has 0 radical (unpaired) electrons. The molecule has 0 amide bonds. The van der Waals surface area contributed by atoms with E-state index >= 15 is 0 Å². The fourth-order valence-electron chi connectivity index (χ4n) is 1.26. The number of ether oxygens (including phenoxy) is 1. The van der Waals surface area contributed by atoms with Crippen LogP contribution in [0.15, 0.2) is 0 Å². The van der Waals surface area contributed by atoms with Crippen LogP contribution in [-0.4, -0.2) is 18.1 Å². The molecule has 0 fully saturated rings. The number of unbranched alkanes of at least 4 members (excludes halogenated alkanes) is 5. The van der Waals surface area contributed by atoms with E-state index in [1.165, 1.54) is 0 Å². The van der Waals surface area contributed by atoms with Gasteiger partial charge in [-0.05, 0) is 6.42 Å². The number of carbonyl (C=O) groups is 2. The van der Waals surface area contributed by atoms with Gasteiger partial charge in [0, 0.05) is 6.42 Å². The molecule has 0 aliphatic carbocycles. The van der Waals surface area contributed by atoms with Crippen molar-refractivity contribution < 1.29 is 27.5 Å². The topological polar surface area (TPSA) is 43.4 Å². The second kappa shape index (κ2) is 8.08. The molecule has 0 N–H and O–H groups in total. The molecule has 0 saturated carbocycles. The van der Waals surface area contributed by atoms with E-state index in [1.54, 1.807) is 0 Å². The van der Waals surface area contributed by atoms with Crippen LogP contribution in [0.4, 0.5) is 13.2 Å². The molecule has 0 atom stereocenters. The van der Waals surface area contributed by atoms with Gasteiger partial charge in [-0.3, -0.25) is 4.79 Å². The highest BCUT2D eigenvalue weighted by Crippen LogP contribution is 2.17. The zero-order valence-corrected chi connectivity index (χ0v) is 9.81. The van der Waals surface area contributed by atoms with Crippen molar-refractivity contribution in [2.24, 2.45) is 0 Å². The Labute approximate surface area is 98.3 Å². The Morgan fingerprint density at radius 2 is 1.53 bits per heavy atom. The second-order valence-electron chi connectivity index (χ2n) is 3.78. The molecule has 0 spiro atoms. The SMILES string of the molecule is CCCCCCCCC(=O)OC(=O)C(F)(F)F. The van der Waals surface area contributed by atoms with E-state index in [-0.39, 0.29) is 6.42 Å². The summed E-state index contributed by atoms with van der Waals surface area (Å²) in [6.45, 7) is 2.07. The third-order valence-electron chi connectivity index (χ3n) is 2.17. The Balaban J connectivity index is 3.57. The van der Waals surface area contributed by atoms with Gasteiger partial charge in [-0.2, -0.15) is 13.2 Å². The van der Waals surface area contributed by atoms with Crippen LogP contribution in [0.5, 0.6) is 0 Å². The summed E-state index contributed by atoms with van der Waals surface area (Å²) in [4.78, 5) is 21.1. The van der Waals surface area contributed by atoms with Gasteiger partial charge < -0.3 is 4.74 Å². The highest BCUT2D eigenvalue weighted by Gasteiger charge is 2.42. The minimum Gasteiger partial charge on any atom is -0.386 e. The highest BCUT2D eigenvalue weighted by molar-refractivity contribution is 5.88. The molecule has 0 aromatic heterocycles. The quantitative estimate of drug-likeness (QED) is 0.397. The van der Waals surface area contributed by atoms with Crippen molar-refractivity contribution >= 4 is 11.9 Å². The molecule has 6 heteroatoms. The Bertz CT molecular complexity index is 249. The van der Waals surface area contributed by atoms with Crippen molar-refractivity contribution in [2.45, 2.75) is 58.0 Å². The average Bonchev–Trinajstić information content (AvgIpc) is 2.21. The maximum absolute atomic E-state index is 11.7. The van der Waals surface area contributed by atoms with E-state index in [0.29, 0.717) is 6.42 Å². The molecule has 0 heterocycles. The molecule has 17 heavy (non-hydrogen) atoms. The summed E-state index contributed by atoms with van der Waals surface area (Å²) >= 11 is 0. The first-order valence-electron chi connectivity index (χ1n) is 5.69. The molecule has 0 aromatic rings. The van der Waals surface area contributed by atoms with Crippen molar-refractivity contribution in [3.63, 3.8) is 0 Å². The summed E-state index contributed by atoms with van der Waals surface area (Å²) in [5, 5.41) is 0. The molecule has 3 nitrogen and oxygen atoms in total. The Hall–Kier alpha value is -1.07. The third-order valence-corrected chi connectivity index (χ3v) is 2.17. The van der Waals surface area contributed by atoms with Crippen LogP contribution < -0.4 is 0 Å². The smallest absolute Gasteiger partial charge is 0.386 e. The van der Waals surface area contributed by atoms with Crippen molar-refractivity contribution in [3.8, 4) is 0 Å². The molecule has 0 aliphatic rings. The Morgan fingerprint density at radius 3 is 2.06 bits per heavy atom. The molecule has 0 aromatic carbocycles. The highest BCUT2D eigenvalue weighted by atomic mass is 19.4. The van der Waals surface area contributed by atoms with E-state index in [0.717, 1.165) is 32.1 Å². The van der Waals surface area contributed by atoms with Crippen LogP contribution in [0.3, 0.4) is 0 Å². The summed E-state index contributed by atoms with van der Waals surface area (Å²) in [5.41, 5.74) is 0. The number of esters is 2. The Kier molecular flexibility index (Phi) is 7.58. The number of hydrogen-bond acceptors (Lipinski definition) is 3. The fraction of sp³-hybridized carbons (Fsp3) is 0.818. The minimum atomic E-state index is -5.10. The van der Waals surface area contributed by atoms with Gasteiger partial charge in [-0.15, -0.1) is 0 Å². The summed E-state index contributed by atoms with van der Waals surface area (Å²) in [5.74, 6) is -3.55. The summed E-state index contributed by atoms with van der Waals surface area (Å²) in [7, 11) is 0. The molecule has 0 bridgehead atoms. The van der Waals surface area contributed by atoms with Crippen molar-refractivity contribution in [3.05, 3.63) is 0 Å². The standard InChI is InChI=1S/C11H17F3O3/c1-2-3-4-5-6-7-8-9(15)17-10(16)11(12,13)14/h2-8H2,1H3. The predicted octanol–water partition coefficient (Wildman–Crippen LogP) is 3.37. The van der Waals surface area contributed by atoms with Gasteiger partial charge in [0.15, 0.2) is 0 Å². The Morgan fingerprint density at radius 1 is 1.00 bits per heavy atom. The number of hydrogen-bond donors (Lipinski definition) is 0. The lowest BCUT2D eigenvalue weighted by atomic mass is 10.1. The predicted molar refractivity (Wildman–Crippen MR) is 55.1 cm³/mol. The molecule has 0 rings (SSSR count). The number of alkyl halides is 3. The van der Waals surface area contributed by atoms with E-state index in [2.05, 4.69) is 11.7 Å². The summed E-state index contributed by atoms with van der Waals surface area (Å²) < 4.78 is 38.8. The number of rotatable bonds is 7. The van der Waals surface area contributed by atoms with Crippen molar-refractivity contribution in [2.75, 3.05) is 0 Å². The van der Waals surface area contributed by atoms with Crippen LogP contribution in [0.2, 0.25) is 0 Å².